The summed E-state index contributed by atoms with van der Waals surface area (Å²) in [4.78, 5) is 6.67. The minimum atomic E-state index is -4.42. The van der Waals surface area contributed by atoms with Crippen LogP contribution in [0.1, 0.15) is 30.9 Å². The Morgan fingerprint density at radius 2 is 1.88 bits per heavy atom. The van der Waals surface area contributed by atoms with Crippen molar-refractivity contribution in [1.82, 2.24) is 24.1 Å². The molecule has 0 amide bonds. The Bertz CT molecular complexity index is 1170. The largest absolute Gasteiger partial charge is 0.416 e. The van der Waals surface area contributed by atoms with Crippen LogP contribution >= 0.6 is 0 Å². The Morgan fingerprint density at radius 1 is 1.18 bits per heavy atom. The lowest BCUT2D eigenvalue weighted by Crippen LogP contribution is -2.60. The molecule has 3 aliphatic heterocycles. The van der Waals surface area contributed by atoms with Crippen LogP contribution in [-0.4, -0.2) is 66.2 Å². The summed E-state index contributed by atoms with van der Waals surface area (Å²) in [5.74, 6) is 0.931. The van der Waals surface area contributed by atoms with Gasteiger partial charge in [-0.1, -0.05) is 12.1 Å². The summed E-state index contributed by atoms with van der Waals surface area (Å²) >= 11 is 0. The summed E-state index contributed by atoms with van der Waals surface area (Å²) in [7, 11) is -2.33. The van der Waals surface area contributed by atoms with Gasteiger partial charge in [0.1, 0.15) is 5.82 Å². The first kappa shape index (κ1) is 23.2. The Balaban J connectivity index is 1.31. The molecule has 0 radical (unpaired) electrons. The smallest absolute Gasteiger partial charge is 0.364 e. The highest BCUT2D eigenvalue weighted by Gasteiger charge is 2.57. The summed E-state index contributed by atoms with van der Waals surface area (Å²) in [5, 5.41) is 6.48. The van der Waals surface area contributed by atoms with Crippen molar-refractivity contribution in [2.45, 2.75) is 43.7 Å². The Labute approximate surface area is 197 Å². The molecule has 1 aliphatic carbocycles. The number of alkyl halides is 3. The van der Waals surface area contributed by atoms with E-state index in [0.29, 0.717) is 25.2 Å². The quantitative estimate of drug-likeness (QED) is 0.654. The van der Waals surface area contributed by atoms with Crippen molar-refractivity contribution in [3.63, 3.8) is 0 Å². The minimum absolute atomic E-state index is 0.00109. The van der Waals surface area contributed by atoms with Gasteiger partial charge in [0, 0.05) is 38.8 Å². The van der Waals surface area contributed by atoms with Gasteiger partial charge in [-0.05, 0) is 49.7 Å². The summed E-state index contributed by atoms with van der Waals surface area (Å²) in [6.07, 6.45) is 2.62. The fourth-order valence-corrected chi connectivity index (χ4v) is 6.57. The zero-order chi connectivity index (χ0) is 24.4. The second kappa shape index (κ2) is 7.72. The van der Waals surface area contributed by atoms with E-state index < -0.39 is 33.2 Å². The molecule has 3 heterocycles. The van der Waals surface area contributed by atoms with Crippen LogP contribution in [0.3, 0.4) is 0 Å². The maximum Gasteiger partial charge on any atom is 0.416 e. The van der Waals surface area contributed by atoms with Crippen molar-refractivity contribution in [3.05, 3.63) is 59.1 Å². The molecule has 4 aliphatic rings. The van der Waals surface area contributed by atoms with Crippen LogP contribution in [0.4, 0.5) is 13.2 Å². The van der Waals surface area contributed by atoms with Gasteiger partial charge < -0.3 is 15.5 Å². The van der Waals surface area contributed by atoms with E-state index in [4.69, 9.17) is 0 Å². The van der Waals surface area contributed by atoms with E-state index in [0.717, 1.165) is 36.4 Å². The van der Waals surface area contributed by atoms with Crippen LogP contribution in [-0.2, 0) is 22.9 Å². The molecule has 1 aromatic rings. The van der Waals surface area contributed by atoms with Gasteiger partial charge in [-0.15, -0.1) is 0 Å². The molecule has 12 heteroatoms. The van der Waals surface area contributed by atoms with Crippen molar-refractivity contribution in [2.75, 3.05) is 26.7 Å². The highest BCUT2D eigenvalue weighted by molar-refractivity contribution is 7.86. The first-order valence-electron chi connectivity index (χ1n) is 11.1. The molecule has 34 heavy (non-hydrogen) atoms. The van der Waals surface area contributed by atoms with Gasteiger partial charge in [0.05, 0.1) is 17.4 Å². The van der Waals surface area contributed by atoms with Gasteiger partial charge in [0.2, 0.25) is 0 Å². The zero-order valence-corrected chi connectivity index (χ0v) is 19.7. The molecule has 1 atom stereocenters. The number of piperazine rings is 1. The van der Waals surface area contributed by atoms with Crippen molar-refractivity contribution in [3.8, 4) is 0 Å². The monoisotopic (exact) mass is 496 g/mol. The SMILES string of the molecule is CN(Cc1ccc(C(F)(F)F)cc1)S(=O)(=O)N1CCN(C2=C3C=CNC3(C)N=CN2)CC12CC2. The number of hydrogen-bond acceptors (Lipinski definition) is 6. The van der Waals surface area contributed by atoms with Gasteiger partial charge in [-0.25, -0.2) is 4.99 Å². The Kier molecular flexibility index (Phi) is 5.26. The number of nitrogens with one attached hydrogen (secondary N) is 2. The summed E-state index contributed by atoms with van der Waals surface area (Å²) in [6.45, 7) is 3.38. The highest BCUT2D eigenvalue weighted by atomic mass is 32.2. The second-order valence-corrected chi connectivity index (χ2v) is 11.4. The number of aliphatic imine (C=N–C) groups is 1. The first-order chi connectivity index (χ1) is 15.9. The van der Waals surface area contributed by atoms with Crippen LogP contribution in [0.25, 0.3) is 0 Å². The maximum absolute atomic E-state index is 13.5. The fraction of sp³-hybridized carbons (Fsp3) is 0.500. The number of hydrogen-bond donors (Lipinski definition) is 2. The van der Waals surface area contributed by atoms with E-state index in [1.54, 1.807) is 10.6 Å². The van der Waals surface area contributed by atoms with Crippen molar-refractivity contribution < 1.29 is 21.6 Å². The third-order valence-electron chi connectivity index (χ3n) is 7.01. The molecule has 2 N–H and O–H groups in total. The molecule has 1 spiro atoms. The maximum atomic E-state index is 13.5. The van der Waals surface area contributed by atoms with Gasteiger partial charge in [0.25, 0.3) is 10.2 Å². The lowest BCUT2D eigenvalue weighted by atomic mass is 10.0. The van der Waals surface area contributed by atoms with Crippen LogP contribution in [0.5, 0.6) is 0 Å². The fourth-order valence-electron chi connectivity index (χ4n) is 4.88. The van der Waals surface area contributed by atoms with E-state index in [2.05, 4.69) is 20.5 Å². The topological polar surface area (TPSA) is 80.3 Å². The first-order valence-corrected chi connectivity index (χ1v) is 12.5. The number of fused-ring (bicyclic) bond motifs is 1. The van der Waals surface area contributed by atoms with Crippen molar-refractivity contribution >= 4 is 16.5 Å². The third-order valence-corrected chi connectivity index (χ3v) is 9.05. The molecule has 0 aromatic heterocycles. The van der Waals surface area contributed by atoms with Crippen LogP contribution in [0.2, 0.25) is 0 Å². The zero-order valence-electron chi connectivity index (χ0n) is 18.9. The Morgan fingerprint density at radius 3 is 2.53 bits per heavy atom. The lowest BCUT2D eigenvalue weighted by Gasteiger charge is -2.45. The molecule has 8 nitrogen and oxygen atoms in total. The van der Waals surface area contributed by atoms with Gasteiger partial charge in [-0.2, -0.15) is 30.2 Å². The number of rotatable bonds is 5. The van der Waals surface area contributed by atoms with E-state index in [-0.39, 0.29) is 6.54 Å². The van der Waals surface area contributed by atoms with E-state index >= 15 is 0 Å². The predicted octanol–water partition coefficient (Wildman–Crippen LogP) is 2.21. The molecule has 0 bridgehead atoms. The number of nitrogens with zero attached hydrogens (tertiary/aromatic N) is 4. The van der Waals surface area contributed by atoms with Crippen LogP contribution in [0, 0.1) is 0 Å². The summed E-state index contributed by atoms with van der Waals surface area (Å²) in [6, 6.07) is 4.60. The van der Waals surface area contributed by atoms with E-state index in [1.165, 1.54) is 23.5 Å². The second-order valence-electron chi connectivity index (χ2n) is 9.39. The molecule has 1 unspecified atom stereocenters. The summed E-state index contributed by atoms with van der Waals surface area (Å²) < 4.78 is 68.2. The number of benzene rings is 1. The Hall–Kier alpha value is -2.57. The molecule has 1 saturated carbocycles. The molecule has 1 saturated heterocycles. The standard InChI is InChI=1S/C22H27F3N6O2S/c1-20-18(7-10-27-20)19(26-15-28-20)30-11-12-31(21(14-30)8-9-21)34(32,33)29(2)13-16-3-5-17(6-4-16)22(23,24)25/h3-7,10,15,27H,8-9,11-14H2,1-2H3,(H,26,28). The average molecular weight is 497 g/mol. The van der Waals surface area contributed by atoms with E-state index in [9.17, 15) is 21.6 Å². The van der Waals surface area contributed by atoms with Gasteiger partial charge in [-0.3, -0.25) is 0 Å². The molecule has 184 valence electrons. The lowest BCUT2D eigenvalue weighted by molar-refractivity contribution is -0.137. The molecule has 2 fully saturated rings. The van der Waals surface area contributed by atoms with E-state index in [1.807, 2.05) is 19.2 Å². The van der Waals surface area contributed by atoms with Crippen molar-refractivity contribution in [1.29, 1.82) is 0 Å². The average Bonchev–Trinajstić information content (AvgIpc) is 3.40. The van der Waals surface area contributed by atoms with Crippen LogP contribution < -0.4 is 10.6 Å². The number of halogens is 3. The minimum Gasteiger partial charge on any atom is -0.364 e. The van der Waals surface area contributed by atoms with Crippen LogP contribution in [0.15, 0.2) is 52.9 Å². The summed E-state index contributed by atoms with van der Waals surface area (Å²) in [5.41, 5.74) is -0.249. The molecular formula is C22H27F3N6O2S. The molecule has 5 rings (SSSR count). The highest BCUT2D eigenvalue weighted by Crippen LogP contribution is 2.47. The normalized spacial score (nSPS) is 26.1. The molecule has 1 aromatic carbocycles. The van der Waals surface area contributed by atoms with Crippen molar-refractivity contribution in [2.24, 2.45) is 4.99 Å². The van der Waals surface area contributed by atoms with Gasteiger partial charge >= 0.3 is 6.18 Å². The third kappa shape index (κ3) is 3.87. The predicted molar refractivity (Wildman–Crippen MR) is 121 cm³/mol. The molecular weight excluding hydrogens is 469 g/mol. The van der Waals surface area contributed by atoms with Gasteiger partial charge in [0.15, 0.2) is 5.66 Å².